The number of nitrogen functional groups attached to an aromatic ring is 1. The van der Waals surface area contributed by atoms with E-state index in [9.17, 15) is 4.79 Å². The lowest BCUT2D eigenvalue weighted by Gasteiger charge is -2.16. The monoisotopic (exact) mass is 258 g/mol. The van der Waals surface area contributed by atoms with Crippen LogP contribution in [-0.4, -0.2) is 21.0 Å². The summed E-state index contributed by atoms with van der Waals surface area (Å²) in [5.41, 5.74) is 6.91. The highest BCUT2D eigenvalue weighted by atomic mass is 16.4. The average molecular weight is 258 g/mol. The number of nitrogens with one attached hydrogen (secondary N) is 1. The van der Waals surface area contributed by atoms with Gasteiger partial charge in [-0.15, -0.1) is 0 Å². The second-order valence-corrected chi connectivity index (χ2v) is 4.12. The zero-order chi connectivity index (χ0) is 13.8. The third-order valence-electron chi connectivity index (χ3n) is 2.70. The fourth-order valence-corrected chi connectivity index (χ4v) is 1.70. The van der Waals surface area contributed by atoms with Crippen LogP contribution in [0.3, 0.4) is 0 Å². The summed E-state index contributed by atoms with van der Waals surface area (Å²) in [6.45, 7) is 1.92. The number of hydrogen-bond acceptors (Lipinski definition) is 5. The molecule has 0 aliphatic carbocycles. The predicted octanol–water partition coefficient (Wildman–Crippen LogP) is 1.93. The van der Waals surface area contributed by atoms with Gasteiger partial charge in [-0.1, -0.05) is 0 Å². The molecular weight excluding hydrogens is 244 g/mol. The summed E-state index contributed by atoms with van der Waals surface area (Å²) in [4.78, 5) is 19.1. The van der Waals surface area contributed by atoms with Crippen LogP contribution < -0.4 is 11.1 Å². The van der Waals surface area contributed by atoms with E-state index in [-0.39, 0.29) is 11.6 Å². The third-order valence-corrected chi connectivity index (χ3v) is 2.70. The molecular formula is C13H14N4O2. The molecule has 0 spiro atoms. The van der Waals surface area contributed by atoms with Gasteiger partial charge < -0.3 is 16.2 Å². The van der Waals surface area contributed by atoms with Crippen LogP contribution in [-0.2, 0) is 0 Å². The molecule has 0 bridgehead atoms. The van der Waals surface area contributed by atoms with Crippen LogP contribution >= 0.6 is 0 Å². The van der Waals surface area contributed by atoms with Crippen molar-refractivity contribution in [3.8, 4) is 0 Å². The van der Waals surface area contributed by atoms with Gasteiger partial charge in [0.2, 0.25) is 0 Å². The molecule has 2 aromatic heterocycles. The van der Waals surface area contributed by atoms with Gasteiger partial charge in [0.1, 0.15) is 11.4 Å². The van der Waals surface area contributed by atoms with Gasteiger partial charge in [0.15, 0.2) is 0 Å². The van der Waals surface area contributed by atoms with E-state index < -0.39 is 5.97 Å². The summed E-state index contributed by atoms with van der Waals surface area (Å²) >= 11 is 0. The molecule has 98 valence electrons. The maximum Gasteiger partial charge on any atom is 0.339 e. The van der Waals surface area contributed by atoms with Crippen molar-refractivity contribution in [1.29, 1.82) is 0 Å². The molecule has 4 N–H and O–H groups in total. The Morgan fingerprint density at radius 1 is 1.42 bits per heavy atom. The average Bonchev–Trinajstić information content (AvgIpc) is 2.41. The van der Waals surface area contributed by atoms with Gasteiger partial charge in [-0.2, -0.15) is 0 Å². The highest BCUT2D eigenvalue weighted by Gasteiger charge is 2.14. The minimum absolute atomic E-state index is 0.0564. The van der Waals surface area contributed by atoms with Crippen molar-refractivity contribution in [3.05, 3.63) is 47.9 Å². The number of carboxylic acids is 1. The first-order valence-electron chi connectivity index (χ1n) is 5.73. The molecule has 0 aromatic carbocycles. The summed E-state index contributed by atoms with van der Waals surface area (Å²) in [7, 11) is 0. The van der Waals surface area contributed by atoms with Crippen molar-refractivity contribution >= 4 is 17.5 Å². The van der Waals surface area contributed by atoms with Gasteiger partial charge in [0.25, 0.3) is 0 Å². The van der Waals surface area contributed by atoms with Crippen molar-refractivity contribution in [3.63, 3.8) is 0 Å². The quantitative estimate of drug-likeness (QED) is 0.774. The van der Waals surface area contributed by atoms with Gasteiger partial charge >= 0.3 is 5.97 Å². The van der Waals surface area contributed by atoms with E-state index in [2.05, 4.69) is 15.3 Å². The molecule has 6 nitrogen and oxygen atoms in total. The lowest BCUT2D eigenvalue weighted by molar-refractivity contribution is 0.0697. The van der Waals surface area contributed by atoms with E-state index in [1.165, 1.54) is 12.3 Å². The molecule has 2 aromatic rings. The van der Waals surface area contributed by atoms with Crippen molar-refractivity contribution in [2.45, 2.75) is 13.0 Å². The Kier molecular flexibility index (Phi) is 3.61. The zero-order valence-electron chi connectivity index (χ0n) is 10.4. The maximum absolute atomic E-state index is 11.1. The maximum atomic E-state index is 11.1. The topological polar surface area (TPSA) is 101 Å². The molecule has 0 saturated heterocycles. The van der Waals surface area contributed by atoms with Crippen LogP contribution in [0.2, 0.25) is 0 Å². The highest BCUT2D eigenvalue weighted by Crippen LogP contribution is 2.21. The lowest BCUT2D eigenvalue weighted by atomic mass is 10.1. The standard InChI is InChI=1S/C13H14N4O2/c1-8(9-2-4-15-5-3-9)17-12-11(13(18)19)6-10(14)7-16-12/h2-8H,14H2,1H3,(H,16,17)(H,18,19). The Morgan fingerprint density at radius 2 is 2.11 bits per heavy atom. The second kappa shape index (κ2) is 5.34. The lowest BCUT2D eigenvalue weighted by Crippen LogP contribution is -2.12. The minimum atomic E-state index is -1.07. The minimum Gasteiger partial charge on any atom is -0.478 e. The number of pyridine rings is 2. The largest absolute Gasteiger partial charge is 0.478 e. The molecule has 1 atom stereocenters. The molecule has 0 aliphatic rings. The van der Waals surface area contributed by atoms with Crippen LogP contribution in [0.25, 0.3) is 0 Å². The van der Waals surface area contributed by atoms with Gasteiger partial charge in [0, 0.05) is 12.4 Å². The Balaban J connectivity index is 2.26. The zero-order valence-corrected chi connectivity index (χ0v) is 10.4. The molecule has 0 amide bonds. The van der Waals surface area contributed by atoms with E-state index >= 15 is 0 Å². The number of anilines is 2. The van der Waals surface area contributed by atoms with Crippen LogP contribution in [0.4, 0.5) is 11.5 Å². The summed E-state index contributed by atoms with van der Waals surface area (Å²) in [5, 5.41) is 12.2. The Morgan fingerprint density at radius 3 is 2.74 bits per heavy atom. The molecule has 0 radical (unpaired) electrons. The number of aromatic nitrogens is 2. The molecule has 2 heterocycles. The van der Waals surface area contributed by atoms with Gasteiger partial charge in [0.05, 0.1) is 17.9 Å². The van der Waals surface area contributed by atoms with Gasteiger partial charge in [-0.3, -0.25) is 4.98 Å². The van der Waals surface area contributed by atoms with Gasteiger partial charge in [-0.25, -0.2) is 9.78 Å². The molecule has 0 saturated carbocycles. The first-order valence-corrected chi connectivity index (χ1v) is 5.73. The Labute approximate surface area is 110 Å². The fourth-order valence-electron chi connectivity index (χ4n) is 1.70. The van der Waals surface area contributed by atoms with Crippen molar-refractivity contribution in [2.75, 3.05) is 11.1 Å². The summed E-state index contributed by atoms with van der Waals surface area (Å²) in [6, 6.07) is 5.01. The second-order valence-electron chi connectivity index (χ2n) is 4.12. The number of carbonyl (C=O) groups is 1. The van der Waals surface area contributed by atoms with E-state index in [0.717, 1.165) is 5.56 Å². The van der Waals surface area contributed by atoms with E-state index in [1.54, 1.807) is 12.4 Å². The Hall–Kier alpha value is -2.63. The predicted molar refractivity (Wildman–Crippen MR) is 71.9 cm³/mol. The number of nitrogens with two attached hydrogens (primary N) is 1. The van der Waals surface area contributed by atoms with Crippen LogP contribution in [0.5, 0.6) is 0 Å². The van der Waals surface area contributed by atoms with Crippen molar-refractivity contribution in [2.24, 2.45) is 0 Å². The SMILES string of the molecule is CC(Nc1ncc(N)cc1C(=O)O)c1ccncc1. The number of nitrogens with zero attached hydrogens (tertiary/aromatic N) is 2. The summed E-state index contributed by atoms with van der Waals surface area (Å²) in [6.07, 6.45) is 4.79. The van der Waals surface area contributed by atoms with E-state index in [1.807, 2.05) is 19.1 Å². The molecule has 19 heavy (non-hydrogen) atoms. The van der Waals surface area contributed by atoms with Crippen molar-refractivity contribution < 1.29 is 9.90 Å². The molecule has 0 fully saturated rings. The normalized spacial score (nSPS) is 11.8. The van der Waals surface area contributed by atoms with Crippen LogP contribution in [0.15, 0.2) is 36.8 Å². The van der Waals surface area contributed by atoms with E-state index in [0.29, 0.717) is 11.5 Å². The highest BCUT2D eigenvalue weighted by molar-refractivity contribution is 5.94. The number of aromatic carboxylic acids is 1. The number of rotatable bonds is 4. The molecule has 2 rings (SSSR count). The number of carboxylic acid groups (broad SMARTS) is 1. The molecule has 0 aliphatic heterocycles. The molecule has 6 heteroatoms. The fraction of sp³-hybridized carbons (Fsp3) is 0.154. The number of hydrogen-bond donors (Lipinski definition) is 3. The van der Waals surface area contributed by atoms with Gasteiger partial charge in [-0.05, 0) is 30.7 Å². The molecule has 1 unspecified atom stereocenters. The summed E-state index contributed by atoms with van der Waals surface area (Å²) < 4.78 is 0. The first kappa shape index (κ1) is 12.8. The van der Waals surface area contributed by atoms with Crippen LogP contribution in [0.1, 0.15) is 28.9 Å². The van der Waals surface area contributed by atoms with E-state index in [4.69, 9.17) is 10.8 Å². The third kappa shape index (κ3) is 2.98. The van der Waals surface area contributed by atoms with Crippen molar-refractivity contribution in [1.82, 2.24) is 9.97 Å². The smallest absolute Gasteiger partial charge is 0.339 e. The first-order chi connectivity index (χ1) is 9.08. The van der Waals surface area contributed by atoms with Crippen LogP contribution in [0, 0.1) is 0 Å². The summed E-state index contributed by atoms with van der Waals surface area (Å²) in [5.74, 6) is -0.768. The Bertz CT molecular complexity index is 586.